The van der Waals surface area contributed by atoms with Crippen molar-refractivity contribution in [1.82, 2.24) is 9.80 Å². The SMILES string of the molecule is CN(CC1CCOCC1)C(=O)N1CSCC1C(=O)O. The van der Waals surface area contributed by atoms with E-state index in [1.54, 1.807) is 11.9 Å². The Kier molecular flexibility index (Phi) is 4.93. The molecule has 108 valence electrons. The third-order valence-corrected chi connectivity index (χ3v) is 4.62. The maximum absolute atomic E-state index is 12.3. The van der Waals surface area contributed by atoms with Gasteiger partial charge in [-0.1, -0.05) is 0 Å². The van der Waals surface area contributed by atoms with Gasteiger partial charge < -0.3 is 19.6 Å². The van der Waals surface area contributed by atoms with E-state index in [0.717, 1.165) is 26.1 Å². The van der Waals surface area contributed by atoms with Gasteiger partial charge in [-0.05, 0) is 18.8 Å². The Morgan fingerprint density at radius 3 is 2.74 bits per heavy atom. The Morgan fingerprint density at radius 2 is 2.11 bits per heavy atom. The van der Waals surface area contributed by atoms with E-state index in [2.05, 4.69) is 0 Å². The number of hydrogen-bond acceptors (Lipinski definition) is 4. The first kappa shape index (κ1) is 14.5. The fraction of sp³-hybridized carbons (Fsp3) is 0.833. The van der Waals surface area contributed by atoms with Gasteiger partial charge in [0.05, 0.1) is 5.88 Å². The van der Waals surface area contributed by atoms with Crippen LogP contribution in [0.2, 0.25) is 0 Å². The number of carbonyl (C=O) groups excluding carboxylic acids is 1. The highest BCUT2D eigenvalue weighted by Crippen LogP contribution is 2.23. The van der Waals surface area contributed by atoms with Crippen molar-refractivity contribution in [3.8, 4) is 0 Å². The quantitative estimate of drug-likeness (QED) is 0.836. The Labute approximate surface area is 117 Å². The molecule has 19 heavy (non-hydrogen) atoms. The van der Waals surface area contributed by atoms with E-state index in [-0.39, 0.29) is 6.03 Å². The normalized spacial score (nSPS) is 24.5. The first-order chi connectivity index (χ1) is 9.09. The second kappa shape index (κ2) is 6.47. The first-order valence-corrected chi connectivity index (χ1v) is 7.65. The lowest BCUT2D eigenvalue weighted by molar-refractivity contribution is -0.140. The van der Waals surface area contributed by atoms with Gasteiger partial charge >= 0.3 is 12.0 Å². The molecule has 0 saturated carbocycles. The highest BCUT2D eigenvalue weighted by molar-refractivity contribution is 7.99. The van der Waals surface area contributed by atoms with Crippen LogP contribution in [0.1, 0.15) is 12.8 Å². The fourth-order valence-corrected chi connectivity index (χ4v) is 3.59. The first-order valence-electron chi connectivity index (χ1n) is 6.49. The van der Waals surface area contributed by atoms with Crippen LogP contribution in [0.3, 0.4) is 0 Å². The zero-order chi connectivity index (χ0) is 13.8. The standard InChI is InChI=1S/C12H20N2O4S/c1-13(6-9-2-4-18-5-3-9)12(17)14-8-19-7-10(14)11(15)16/h9-10H,2-8H2,1H3,(H,15,16). The molecule has 2 aliphatic heterocycles. The van der Waals surface area contributed by atoms with Crippen molar-refractivity contribution < 1.29 is 19.4 Å². The molecule has 2 fully saturated rings. The summed E-state index contributed by atoms with van der Waals surface area (Å²) < 4.78 is 5.30. The third-order valence-electron chi connectivity index (χ3n) is 3.61. The van der Waals surface area contributed by atoms with Crippen molar-refractivity contribution in [3.63, 3.8) is 0 Å². The number of carboxylic acid groups (broad SMARTS) is 1. The van der Waals surface area contributed by atoms with Crippen LogP contribution >= 0.6 is 11.8 Å². The second-order valence-corrected chi connectivity index (χ2v) is 6.04. The lowest BCUT2D eigenvalue weighted by atomic mass is 10.00. The van der Waals surface area contributed by atoms with Crippen LogP contribution in [-0.4, -0.2) is 71.4 Å². The molecule has 2 saturated heterocycles. The molecule has 0 aromatic heterocycles. The summed E-state index contributed by atoms with van der Waals surface area (Å²) in [6.45, 7) is 2.18. The molecule has 0 bridgehead atoms. The number of aliphatic carboxylic acids is 1. The molecule has 6 nitrogen and oxygen atoms in total. The second-order valence-electron chi connectivity index (χ2n) is 5.04. The van der Waals surface area contributed by atoms with E-state index in [9.17, 15) is 9.59 Å². The molecule has 0 aromatic rings. The number of rotatable bonds is 3. The fourth-order valence-electron chi connectivity index (χ4n) is 2.45. The molecule has 2 amide bonds. The van der Waals surface area contributed by atoms with Gasteiger partial charge in [-0.3, -0.25) is 0 Å². The summed E-state index contributed by atoms with van der Waals surface area (Å²) in [4.78, 5) is 26.5. The number of amides is 2. The molecule has 7 heteroatoms. The van der Waals surface area contributed by atoms with Gasteiger partial charge in [0.1, 0.15) is 6.04 Å². The number of nitrogens with zero attached hydrogens (tertiary/aromatic N) is 2. The van der Waals surface area contributed by atoms with Crippen molar-refractivity contribution in [2.24, 2.45) is 5.92 Å². The molecule has 0 spiro atoms. The summed E-state index contributed by atoms with van der Waals surface area (Å²) in [6.07, 6.45) is 1.93. The highest BCUT2D eigenvalue weighted by atomic mass is 32.2. The van der Waals surface area contributed by atoms with Gasteiger partial charge in [0.25, 0.3) is 0 Å². The maximum atomic E-state index is 12.3. The minimum absolute atomic E-state index is 0.177. The Hall–Kier alpha value is -0.950. The van der Waals surface area contributed by atoms with Gasteiger partial charge in [-0.2, -0.15) is 0 Å². The van der Waals surface area contributed by atoms with Crippen LogP contribution in [0.5, 0.6) is 0 Å². The van der Waals surface area contributed by atoms with Crippen molar-refractivity contribution in [3.05, 3.63) is 0 Å². The summed E-state index contributed by atoms with van der Waals surface area (Å²) in [5.41, 5.74) is 0. The largest absolute Gasteiger partial charge is 0.480 e. The van der Waals surface area contributed by atoms with Crippen molar-refractivity contribution in [2.75, 3.05) is 38.4 Å². The van der Waals surface area contributed by atoms with E-state index in [4.69, 9.17) is 9.84 Å². The van der Waals surface area contributed by atoms with Crippen LogP contribution in [-0.2, 0) is 9.53 Å². The highest BCUT2D eigenvalue weighted by Gasteiger charge is 2.36. The average Bonchev–Trinajstić information content (AvgIpc) is 2.88. The predicted molar refractivity (Wildman–Crippen MR) is 72.2 cm³/mol. The average molecular weight is 288 g/mol. The van der Waals surface area contributed by atoms with Crippen LogP contribution < -0.4 is 0 Å². The molecule has 2 aliphatic rings. The Morgan fingerprint density at radius 1 is 1.42 bits per heavy atom. The van der Waals surface area contributed by atoms with Gasteiger partial charge in [0.2, 0.25) is 0 Å². The summed E-state index contributed by atoms with van der Waals surface area (Å²) in [5, 5.41) is 9.09. The van der Waals surface area contributed by atoms with Gasteiger partial charge in [-0.25, -0.2) is 9.59 Å². The number of hydrogen-bond donors (Lipinski definition) is 1. The predicted octanol–water partition coefficient (Wildman–Crippen LogP) is 0.924. The molecule has 2 rings (SSSR count). The monoisotopic (exact) mass is 288 g/mol. The number of urea groups is 1. The molecule has 0 radical (unpaired) electrons. The topological polar surface area (TPSA) is 70.1 Å². The van der Waals surface area contributed by atoms with Gasteiger partial charge in [0.15, 0.2) is 0 Å². The Balaban J connectivity index is 1.89. The van der Waals surface area contributed by atoms with Crippen molar-refractivity contribution in [1.29, 1.82) is 0 Å². The van der Waals surface area contributed by atoms with Gasteiger partial charge in [0, 0.05) is 32.6 Å². The maximum Gasteiger partial charge on any atom is 0.327 e. The molecule has 0 aliphatic carbocycles. The van der Waals surface area contributed by atoms with Crippen molar-refractivity contribution >= 4 is 23.8 Å². The molecular formula is C12H20N2O4S. The van der Waals surface area contributed by atoms with Crippen LogP contribution in [0.15, 0.2) is 0 Å². The minimum atomic E-state index is -0.919. The van der Waals surface area contributed by atoms with E-state index < -0.39 is 12.0 Å². The molecule has 1 atom stereocenters. The molecular weight excluding hydrogens is 268 g/mol. The minimum Gasteiger partial charge on any atom is -0.480 e. The number of carboxylic acids is 1. The summed E-state index contributed by atoms with van der Waals surface area (Å²) in [5.74, 6) is 0.485. The lowest BCUT2D eigenvalue weighted by Gasteiger charge is -2.31. The number of carbonyl (C=O) groups is 2. The van der Waals surface area contributed by atoms with Crippen LogP contribution in [0, 0.1) is 5.92 Å². The lowest BCUT2D eigenvalue weighted by Crippen LogP contribution is -2.48. The van der Waals surface area contributed by atoms with Gasteiger partial charge in [-0.15, -0.1) is 11.8 Å². The van der Waals surface area contributed by atoms with Crippen LogP contribution in [0.25, 0.3) is 0 Å². The summed E-state index contributed by atoms with van der Waals surface area (Å²) in [6, 6.07) is -0.862. The van der Waals surface area contributed by atoms with E-state index in [1.165, 1.54) is 16.7 Å². The zero-order valence-corrected chi connectivity index (χ0v) is 11.9. The summed E-state index contributed by atoms with van der Waals surface area (Å²) in [7, 11) is 1.75. The zero-order valence-electron chi connectivity index (χ0n) is 11.1. The van der Waals surface area contributed by atoms with E-state index in [0.29, 0.717) is 24.1 Å². The van der Waals surface area contributed by atoms with E-state index >= 15 is 0 Å². The smallest absolute Gasteiger partial charge is 0.327 e. The molecule has 1 unspecified atom stereocenters. The van der Waals surface area contributed by atoms with Crippen molar-refractivity contribution in [2.45, 2.75) is 18.9 Å². The number of thioether (sulfide) groups is 1. The Bertz CT molecular complexity index is 347. The molecule has 2 heterocycles. The molecule has 0 aromatic carbocycles. The van der Waals surface area contributed by atoms with Crippen LogP contribution in [0.4, 0.5) is 4.79 Å². The molecule has 1 N–H and O–H groups in total. The number of ether oxygens (including phenoxy) is 1. The van der Waals surface area contributed by atoms with E-state index in [1.807, 2.05) is 0 Å². The summed E-state index contributed by atoms with van der Waals surface area (Å²) >= 11 is 1.49. The third kappa shape index (κ3) is 3.54.